The van der Waals surface area contributed by atoms with Crippen molar-refractivity contribution in [2.24, 2.45) is 0 Å². The Morgan fingerprint density at radius 3 is 2.85 bits per heavy atom. The van der Waals surface area contributed by atoms with E-state index < -0.39 is 0 Å². The maximum Gasteiger partial charge on any atom is 0.248 e. The van der Waals surface area contributed by atoms with E-state index in [1.54, 1.807) is 30.8 Å². The number of furan rings is 1. The number of anilines is 2. The Balaban J connectivity index is 1.57. The number of fused-ring (bicyclic) bond motifs is 1. The zero-order valence-electron chi connectivity index (χ0n) is 14.4. The third-order valence-electron chi connectivity index (χ3n) is 4.48. The normalized spacial score (nSPS) is 14.8. The number of rotatable bonds is 4. The first-order chi connectivity index (χ1) is 12.8. The Morgan fingerprint density at radius 1 is 1.15 bits per heavy atom. The van der Waals surface area contributed by atoms with Crippen LogP contribution in [0, 0.1) is 0 Å². The van der Waals surface area contributed by atoms with Crippen LogP contribution < -0.4 is 10.2 Å². The zero-order valence-corrected chi connectivity index (χ0v) is 14.4. The predicted octanol–water partition coefficient (Wildman–Crippen LogP) is 3.87. The minimum absolute atomic E-state index is 0.211. The molecule has 132 valence electrons. The van der Waals surface area contributed by atoms with E-state index in [9.17, 15) is 4.79 Å². The van der Waals surface area contributed by atoms with E-state index in [0.29, 0.717) is 5.76 Å². The number of nitrogens with zero attached hydrogens (tertiary/aromatic N) is 3. The van der Waals surface area contributed by atoms with Gasteiger partial charge >= 0.3 is 0 Å². The van der Waals surface area contributed by atoms with E-state index in [0.717, 1.165) is 35.5 Å². The number of hydrogen-bond donors (Lipinski definition) is 1. The first kappa shape index (κ1) is 16.3. The van der Waals surface area contributed by atoms with Gasteiger partial charge < -0.3 is 14.6 Å². The molecule has 1 aliphatic rings. The minimum Gasteiger partial charge on any atom is -0.465 e. The number of nitrogens with one attached hydrogen (secondary N) is 1. The van der Waals surface area contributed by atoms with Crippen LogP contribution >= 0.6 is 0 Å². The Labute approximate surface area is 151 Å². The van der Waals surface area contributed by atoms with Crippen molar-refractivity contribution < 1.29 is 9.21 Å². The van der Waals surface area contributed by atoms with E-state index in [4.69, 9.17) is 4.42 Å². The highest BCUT2D eigenvalue weighted by Crippen LogP contribution is 2.27. The fraction of sp³-hybridized carbons (Fsp3) is 0.250. The molecule has 1 saturated heterocycles. The zero-order chi connectivity index (χ0) is 17.8. The second-order valence-corrected chi connectivity index (χ2v) is 6.31. The molecule has 3 aromatic rings. The van der Waals surface area contributed by atoms with Crippen molar-refractivity contribution in [2.75, 3.05) is 23.3 Å². The summed E-state index contributed by atoms with van der Waals surface area (Å²) in [5.74, 6) is 1.37. The molecule has 1 amide bonds. The highest BCUT2D eigenvalue weighted by Gasteiger charge is 2.15. The number of piperidine rings is 1. The first-order valence-electron chi connectivity index (χ1n) is 8.82. The molecule has 1 fully saturated rings. The van der Waals surface area contributed by atoms with Crippen molar-refractivity contribution in [2.45, 2.75) is 19.3 Å². The highest BCUT2D eigenvalue weighted by molar-refractivity contribution is 6.03. The molecule has 3 heterocycles. The maximum absolute atomic E-state index is 12.1. The lowest BCUT2D eigenvalue weighted by molar-refractivity contribution is -0.111. The first-order valence-corrected chi connectivity index (χ1v) is 8.82. The summed E-state index contributed by atoms with van der Waals surface area (Å²) >= 11 is 0. The van der Waals surface area contributed by atoms with Crippen LogP contribution in [-0.4, -0.2) is 29.0 Å². The minimum atomic E-state index is -0.211. The Hall–Kier alpha value is -3.15. The predicted molar refractivity (Wildman–Crippen MR) is 102 cm³/mol. The number of carbonyl (C=O) groups excluding carboxylic acids is 1. The summed E-state index contributed by atoms with van der Waals surface area (Å²) in [5.41, 5.74) is 1.60. The summed E-state index contributed by atoms with van der Waals surface area (Å²) in [6, 6.07) is 9.28. The van der Waals surface area contributed by atoms with E-state index >= 15 is 0 Å². The number of aromatic nitrogens is 2. The maximum atomic E-state index is 12.1. The second-order valence-electron chi connectivity index (χ2n) is 6.31. The summed E-state index contributed by atoms with van der Waals surface area (Å²) in [6.07, 6.45) is 9.90. The summed E-state index contributed by atoms with van der Waals surface area (Å²) < 4.78 is 5.19. The van der Waals surface area contributed by atoms with Crippen molar-refractivity contribution in [1.82, 2.24) is 9.97 Å². The lowest BCUT2D eigenvalue weighted by atomic mass is 10.1. The van der Waals surface area contributed by atoms with Gasteiger partial charge in [-0.3, -0.25) is 4.79 Å². The van der Waals surface area contributed by atoms with E-state index in [2.05, 4.69) is 20.2 Å². The van der Waals surface area contributed by atoms with Crippen LogP contribution in [0.4, 0.5) is 11.5 Å². The van der Waals surface area contributed by atoms with Crippen molar-refractivity contribution in [1.29, 1.82) is 0 Å². The average Bonchev–Trinajstić information content (AvgIpc) is 3.20. The van der Waals surface area contributed by atoms with Crippen molar-refractivity contribution in [3.63, 3.8) is 0 Å². The van der Waals surface area contributed by atoms with Gasteiger partial charge in [0.25, 0.3) is 0 Å². The lowest BCUT2D eigenvalue weighted by Crippen LogP contribution is -2.30. The second kappa shape index (κ2) is 7.39. The molecule has 6 nitrogen and oxygen atoms in total. The number of amides is 1. The van der Waals surface area contributed by atoms with Crippen molar-refractivity contribution in [3.05, 3.63) is 54.8 Å². The molecule has 4 rings (SSSR count). The number of carbonyl (C=O) groups is 1. The molecule has 1 aliphatic heterocycles. The van der Waals surface area contributed by atoms with Crippen LogP contribution in [0.25, 0.3) is 17.0 Å². The Bertz CT molecular complexity index is 928. The van der Waals surface area contributed by atoms with Gasteiger partial charge in [0.1, 0.15) is 17.9 Å². The topological polar surface area (TPSA) is 71.3 Å². The van der Waals surface area contributed by atoms with Crippen LogP contribution in [-0.2, 0) is 4.79 Å². The SMILES string of the molecule is O=C(/C=C/c1ccco1)Nc1ccc2ncnc(N3CCCCC3)c2c1. The molecule has 0 aliphatic carbocycles. The standard InChI is InChI=1S/C20H20N4O2/c25-19(9-7-16-5-4-12-26-16)23-15-6-8-18-17(13-15)20(22-14-21-18)24-10-2-1-3-11-24/h4-9,12-14H,1-3,10-11H2,(H,23,25)/b9-7+. The largest absolute Gasteiger partial charge is 0.465 e. The molecule has 0 unspecified atom stereocenters. The van der Waals surface area contributed by atoms with Crippen LogP contribution in [0.5, 0.6) is 0 Å². The lowest BCUT2D eigenvalue weighted by Gasteiger charge is -2.28. The third kappa shape index (κ3) is 3.59. The molecule has 6 heteroatoms. The molecule has 0 saturated carbocycles. The number of hydrogen-bond acceptors (Lipinski definition) is 5. The quantitative estimate of drug-likeness (QED) is 0.725. The highest BCUT2D eigenvalue weighted by atomic mass is 16.3. The van der Waals surface area contributed by atoms with Gasteiger partial charge in [-0.2, -0.15) is 0 Å². The number of benzene rings is 1. The van der Waals surface area contributed by atoms with Gasteiger partial charge in [-0.1, -0.05) is 0 Å². The smallest absolute Gasteiger partial charge is 0.248 e. The summed E-state index contributed by atoms with van der Waals surface area (Å²) in [4.78, 5) is 23.3. The molecule has 1 N–H and O–H groups in total. The van der Waals surface area contributed by atoms with Gasteiger partial charge in [-0.15, -0.1) is 0 Å². The monoisotopic (exact) mass is 348 g/mol. The van der Waals surface area contributed by atoms with Gasteiger partial charge in [0.2, 0.25) is 5.91 Å². The molecule has 26 heavy (non-hydrogen) atoms. The van der Waals surface area contributed by atoms with Gasteiger partial charge in [0, 0.05) is 30.2 Å². The molecule has 2 aromatic heterocycles. The van der Waals surface area contributed by atoms with Crippen LogP contribution in [0.1, 0.15) is 25.0 Å². The van der Waals surface area contributed by atoms with Crippen molar-refractivity contribution >= 4 is 34.4 Å². The molecular weight excluding hydrogens is 328 g/mol. The summed E-state index contributed by atoms with van der Waals surface area (Å²) in [5, 5.41) is 3.85. The molecule has 0 spiro atoms. The molecule has 1 aromatic carbocycles. The van der Waals surface area contributed by atoms with Crippen LogP contribution in [0.3, 0.4) is 0 Å². The Kier molecular flexibility index (Phi) is 4.64. The van der Waals surface area contributed by atoms with Gasteiger partial charge in [-0.05, 0) is 55.7 Å². The van der Waals surface area contributed by atoms with Crippen molar-refractivity contribution in [3.8, 4) is 0 Å². The van der Waals surface area contributed by atoms with E-state index in [1.165, 1.54) is 25.3 Å². The molecule has 0 bridgehead atoms. The van der Waals surface area contributed by atoms with E-state index in [1.807, 2.05) is 18.2 Å². The van der Waals surface area contributed by atoms with Gasteiger partial charge in [-0.25, -0.2) is 9.97 Å². The average molecular weight is 348 g/mol. The third-order valence-corrected chi connectivity index (χ3v) is 4.48. The summed E-state index contributed by atoms with van der Waals surface area (Å²) in [6.45, 7) is 2.02. The fourth-order valence-electron chi connectivity index (χ4n) is 3.21. The van der Waals surface area contributed by atoms with E-state index in [-0.39, 0.29) is 5.91 Å². The molecule has 0 radical (unpaired) electrons. The molecular formula is C20H20N4O2. The van der Waals surface area contributed by atoms with Crippen LogP contribution in [0.15, 0.2) is 53.4 Å². The van der Waals surface area contributed by atoms with Gasteiger partial charge in [0.05, 0.1) is 11.8 Å². The Morgan fingerprint density at radius 2 is 2.04 bits per heavy atom. The van der Waals surface area contributed by atoms with Gasteiger partial charge in [0.15, 0.2) is 0 Å². The fourth-order valence-corrected chi connectivity index (χ4v) is 3.21. The molecule has 0 atom stereocenters. The summed E-state index contributed by atoms with van der Waals surface area (Å²) in [7, 11) is 0. The van der Waals surface area contributed by atoms with Crippen LogP contribution in [0.2, 0.25) is 0 Å².